The molecule has 2 N–H and O–H groups in total. The Morgan fingerprint density at radius 3 is 2.17 bits per heavy atom. The number of hydrogen-bond acceptors (Lipinski definition) is 11. The Morgan fingerprint density at radius 2 is 1.57 bits per heavy atom. The first-order valence-corrected chi connectivity index (χ1v) is 20.9. The van der Waals surface area contributed by atoms with Gasteiger partial charge in [0, 0.05) is 29.7 Å². The lowest BCUT2D eigenvalue weighted by Crippen LogP contribution is -2.52. The number of carboxylic acid groups (broad SMARTS) is 1. The van der Waals surface area contributed by atoms with E-state index in [9.17, 15) is 41.5 Å². The number of para-hydroxylation sites is 1. The van der Waals surface area contributed by atoms with Crippen molar-refractivity contribution in [3.8, 4) is 17.2 Å². The van der Waals surface area contributed by atoms with Gasteiger partial charge in [-0.2, -0.15) is 26.7 Å². The SMILES string of the molecule is COc1ccccc1C(NC(=O)c1cccc(C(=O)O[C@@H](Cc2c(Cl)c[n+]([O-])cc2Cl)c2ccc(OC(F)F)c(OCC3CC3)c2)c1)C(=O)O[C@H]1CN2CCC1CC2.O=C(O)C(F)(F)F. The summed E-state index contributed by atoms with van der Waals surface area (Å²) in [5, 5.41) is 21.9. The van der Waals surface area contributed by atoms with Gasteiger partial charge in [-0.3, -0.25) is 9.69 Å². The van der Waals surface area contributed by atoms with E-state index in [1.54, 1.807) is 24.3 Å². The lowest BCUT2D eigenvalue weighted by Gasteiger charge is -2.44. The van der Waals surface area contributed by atoms with Crippen LogP contribution in [-0.2, 0) is 25.5 Å². The molecule has 4 heterocycles. The third-order valence-corrected chi connectivity index (χ3v) is 11.5. The van der Waals surface area contributed by atoms with Crippen LogP contribution in [0.3, 0.4) is 0 Å². The van der Waals surface area contributed by atoms with Crippen LogP contribution < -0.4 is 24.3 Å². The minimum absolute atomic E-state index is 0.00158. The number of benzene rings is 3. The number of esters is 2. The van der Waals surface area contributed by atoms with Gasteiger partial charge in [0.25, 0.3) is 5.91 Å². The summed E-state index contributed by atoms with van der Waals surface area (Å²) in [6.07, 6.45) is -0.760. The minimum atomic E-state index is -5.08. The van der Waals surface area contributed by atoms with E-state index >= 15 is 0 Å². The molecule has 4 aromatic rings. The van der Waals surface area contributed by atoms with Gasteiger partial charge in [-0.1, -0.05) is 53.5 Å². The largest absolute Gasteiger partial charge is 0.619 e. The quantitative estimate of drug-likeness (QED) is 0.0481. The molecular weight excluding hydrogens is 912 g/mol. The van der Waals surface area contributed by atoms with Crippen molar-refractivity contribution in [1.29, 1.82) is 0 Å². The molecule has 0 spiro atoms. The maximum absolute atomic E-state index is 13.9. The maximum Gasteiger partial charge on any atom is 0.490 e. The highest BCUT2D eigenvalue weighted by Gasteiger charge is 2.40. The number of nitrogens with one attached hydrogen (secondary N) is 1. The zero-order valence-corrected chi connectivity index (χ0v) is 35.9. The first-order valence-electron chi connectivity index (χ1n) is 20.2. The van der Waals surface area contributed by atoms with E-state index in [2.05, 4.69) is 10.2 Å². The van der Waals surface area contributed by atoms with Crippen molar-refractivity contribution in [2.75, 3.05) is 33.4 Å². The van der Waals surface area contributed by atoms with Crippen LogP contribution in [0, 0.1) is 17.0 Å². The fraction of sp³-hybridized carbons (Fsp3) is 0.386. The van der Waals surface area contributed by atoms with Gasteiger partial charge in [0.2, 0.25) is 0 Å². The zero-order chi connectivity index (χ0) is 47.0. The Bertz CT molecular complexity index is 2340. The molecule has 3 saturated heterocycles. The first-order chi connectivity index (χ1) is 30.9. The van der Waals surface area contributed by atoms with Crippen LogP contribution in [0.15, 0.2) is 79.1 Å². The number of fused-ring (bicyclic) bond motifs is 3. The van der Waals surface area contributed by atoms with E-state index in [1.165, 1.54) is 49.6 Å². The van der Waals surface area contributed by atoms with Crippen molar-refractivity contribution in [3.63, 3.8) is 0 Å². The summed E-state index contributed by atoms with van der Waals surface area (Å²) in [5.74, 6) is -4.23. The average Bonchev–Trinajstić information content (AvgIpc) is 4.11. The van der Waals surface area contributed by atoms with Gasteiger partial charge >= 0.3 is 30.7 Å². The summed E-state index contributed by atoms with van der Waals surface area (Å²) in [5.41, 5.74) is 1.02. The predicted molar refractivity (Wildman–Crippen MR) is 221 cm³/mol. The highest BCUT2D eigenvalue weighted by atomic mass is 35.5. The van der Waals surface area contributed by atoms with Crippen molar-refractivity contribution >= 4 is 47.0 Å². The maximum atomic E-state index is 13.9. The summed E-state index contributed by atoms with van der Waals surface area (Å²) in [6.45, 7) is -0.305. The zero-order valence-electron chi connectivity index (χ0n) is 34.4. The molecule has 4 aliphatic rings. The van der Waals surface area contributed by atoms with Crippen molar-refractivity contribution in [2.45, 2.75) is 63.1 Å². The van der Waals surface area contributed by atoms with E-state index in [4.69, 9.17) is 56.8 Å². The van der Waals surface area contributed by atoms with Gasteiger partial charge in [0.15, 0.2) is 29.9 Å². The molecule has 1 aromatic heterocycles. The monoisotopic (exact) mass is 953 g/mol. The fourth-order valence-electron chi connectivity index (χ4n) is 7.29. The molecule has 21 heteroatoms. The number of aliphatic carboxylic acids is 1. The molecule has 1 saturated carbocycles. The molecule has 0 radical (unpaired) electrons. The third kappa shape index (κ3) is 13.1. The molecule has 8 rings (SSSR count). The molecule has 2 bridgehead atoms. The number of nitrogens with zero attached hydrogens (tertiary/aromatic N) is 2. The van der Waals surface area contributed by atoms with Gasteiger partial charge in [-0.05, 0) is 92.6 Å². The number of hydrogen-bond donors (Lipinski definition) is 2. The highest BCUT2D eigenvalue weighted by molar-refractivity contribution is 6.35. The van der Waals surface area contributed by atoms with E-state index in [0.29, 0.717) is 28.2 Å². The molecule has 348 valence electrons. The number of alkyl halides is 5. The Balaban J connectivity index is 0.000000925. The van der Waals surface area contributed by atoms with Crippen LogP contribution >= 0.6 is 23.2 Å². The Morgan fingerprint density at radius 1 is 0.908 bits per heavy atom. The average molecular weight is 955 g/mol. The second kappa shape index (κ2) is 21.4. The second-order valence-corrected chi connectivity index (χ2v) is 16.2. The third-order valence-electron chi connectivity index (χ3n) is 10.9. The van der Waals surface area contributed by atoms with E-state index in [1.807, 2.05) is 0 Å². The molecule has 4 fully saturated rings. The lowest BCUT2D eigenvalue weighted by molar-refractivity contribution is -0.605. The molecule has 65 heavy (non-hydrogen) atoms. The van der Waals surface area contributed by atoms with Crippen LogP contribution in [0.2, 0.25) is 10.0 Å². The second-order valence-electron chi connectivity index (χ2n) is 15.4. The number of carbonyl (C=O) groups excluding carboxylic acids is 3. The van der Waals surface area contributed by atoms with E-state index < -0.39 is 48.7 Å². The first kappa shape index (κ1) is 48.5. The highest BCUT2D eigenvalue weighted by Crippen LogP contribution is 2.39. The summed E-state index contributed by atoms with van der Waals surface area (Å²) >= 11 is 12.8. The number of aromatic nitrogens is 1. The standard InChI is InChI=1S/C42H41Cl2F2N3O9.C2HF3O2/c1-54-33-8-3-2-7-29(33)38(41(52)57-37-22-48-15-13-25(37)14-16-48)47-39(50)27-5-4-6-28(17-27)40(51)56-35(19-30-31(43)20-49(53)21-32(30)44)26-11-12-34(58-42(45)46)36(18-26)55-23-24-9-10-24;3-2(4,5)1(6)7/h2-8,11-12,17-18,20-21,24-25,35,37-38,42H,9-10,13-16,19,22-23H2,1H3,(H,47,50);(H,6,7)/t35-,37-,38?;/m0./s1. The van der Waals surface area contributed by atoms with Gasteiger partial charge in [-0.25, -0.2) is 14.4 Å². The number of methoxy groups -OCH3 is 1. The van der Waals surface area contributed by atoms with Crippen molar-refractivity contribution < 1.29 is 74.7 Å². The van der Waals surface area contributed by atoms with Crippen LogP contribution in [0.4, 0.5) is 22.0 Å². The van der Waals surface area contributed by atoms with E-state index in [0.717, 1.165) is 51.2 Å². The summed E-state index contributed by atoms with van der Waals surface area (Å²) in [7, 11) is 1.46. The van der Waals surface area contributed by atoms with E-state index in [-0.39, 0.29) is 69.2 Å². The van der Waals surface area contributed by atoms with Crippen LogP contribution in [-0.4, -0.2) is 86.1 Å². The predicted octanol–water partition coefficient (Wildman–Crippen LogP) is 7.91. The summed E-state index contributed by atoms with van der Waals surface area (Å²) in [6, 6.07) is 15.5. The smallest absolute Gasteiger partial charge is 0.490 e. The number of ether oxygens (including phenoxy) is 5. The van der Waals surface area contributed by atoms with Gasteiger partial charge in [0.05, 0.1) is 19.3 Å². The van der Waals surface area contributed by atoms with Crippen LogP contribution in [0.25, 0.3) is 0 Å². The molecule has 14 nitrogen and oxygen atoms in total. The molecule has 3 aliphatic heterocycles. The number of halogens is 7. The van der Waals surface area contributed by atoms with Crippen molar-refractivity contribution in [3.05, 3.63) is 122 Å². The van der Waals surface area contributed by atoms with Gasteiger partial charge < -0.3 is 39.3 Å². The molecule has 3 atom stereocenters. The van der Waals surface area contributed by atoms with Gasteiger partial charge in [-0.15, -0.1) is 0 Å². The summed E-state index contributed by atoms with van der Waals surface area (Å²) in [4.78, 5) is 52.9. The van der Waals surface area contributed by atoms with Crippen LogP contribution in [0.1, 0.15) is 75.2 Å². The molecule has 1 amide bonds. The molecule has 1 unspecified atom stereocenters. The number of carbonyl (C=O) groups is 4. The van der Waals surface area contributed by atoms with Gasteiger partial charge in [0.1, 0.15) is 28.0 Å². The number of carboxylic acids is 1. The number of rotatable bonds is 16. The minimum Gasteiger partial charge on any atom is -0.619 e. The Labute approximate surface area is 378 Å². The molecular formula is C44H42Cl2F5N3O11. The fourth-order valence-corrected chi connectivity index (χ4v) is 7.89. The van der Waals surface area contributed by atoms with Crippen molar-refractivity contribution in [1.82, 2.24) is 10.2 Å². The molecule has 3 aromatic carbocycles. The van der Waals surface area contributed by atoms with Crippen molar-refractivity contribution in [2.24, 2.45) is 11.8 Å². The molecule has 1 aliphatic carbocycles. The Kier molecular flexibility index (Phi) is 16.0. The number of amides is 1. The number of pyridine rings is 1. The normalized spacial score (nSPS) is 18.6. The topological polar surface area (TPSA) is 177 Å². The summed E-state index contributed by atoms with van der Waals surface area (Å²) < 4.78 is 87.0. The Hall–Kier alpha value is -5.92. The number of piperidine rings is 3. The lowest BCUT2D eigenvalue weighted by atomic mass is 9.86. The van der Waals surface area contributed by atoms with Crippen LogP contribution in [0.5, 0.6) is 17.2 Å².